The summed E-state index contributed by atoms with van der Waals surface area (Å²) in [4.78, 5) is 34.8. The van der Waals surface area contributed by atoms with Crippen molar-refractivity contribution in [1.82, 2.24) is 0 Å². The molecule has 0 aromatic rings. The number of ketones is 2. The molecule has 0 saturated carbocycles. The van der Waals surface area contributed by atoms with Crippen LogP contribution in [0, 0.1) is 0 Å². The standard InChI is InChI=1S/C22H30O4/c1-16-17(2)22(26)19(18(3)21(16)25)14-12-10-8-6-4-5-7-9-11-13-15-20(23)24/h4,6-7,9H,5,8,10-15H2,1-3H3,(H,23,24)/b6-4+,9-7+. The Morgan fingerprint density at radius 3 is 2.00 bits per heavy atom. The summed E-state index contributed by atoms with van der Waals surface area (Å²) in [6, 6.07) is 0. The van der Waals surface area contributed by atoms with Crippen LogP contribution in [0.2, 0.25) is 0 Å². The minimum Gasteiger partial charge on any atom is -0.481 e. The number of carbonyl (C=O) groups excluding carboxylic acids is 2. The second-order valence-corrected chi connectivity index (χ2v) is 6.72. The Morgan fingerprint density at radius 2 is 1.38 bits per heavy atom. The normalized spacial score (nSPS) is 15.8. The minimum absolute atomic E-state index is 0.00661. The molecule has 26 heavy (non-hydrogen) atoms. The number of aliphatic carboxylic acids is 1. The summed E-state index contributed by atoms with van der Waals surface area (Å²) in [6.07, 6.45) is 14.4. The van der Waals surface area contributed by atoms with E-state index in [1.807, 2.05) is 6.08 Å². The average molecular weight is 358 g/mol. The lowest BCUT2D eigenvalue weighted by Crippen LogP contribution is -2.20. The third-order valence-corrected chi connectivity index (χ3v) is 4.73. The van der Waals surface area contributed by atoms with E-state index in [-0.39, 0.29) is 18.0 Å². The van der Waals surface area contributed by atoms with Crippen LogP contribution in [0.5, 0.6) is 0 Å². The van der Waals surface area contributed by atoms with Crippen molar-refractivity contribution < 1.29 is 19.5 Å². The number of Topliss-reactive ketones (excluding diaryl/α,β-unsaturated/α-hetero) is 2. The molecule has 142 valence electrons. The highest BCUT2D eigenvalue weighted by Gasteiger charge is 2.26. The first-order valence-electron chi connectivity index (χ1n) is 9.34. The van der Waals surface area contributed by atoms with E-state index in [0.717, 1.165) is 32.1 Å². The first-order valence-corrected chi connectivity index (χ1v) is 9.34. The van der Waals surface area contributed by atoms with Gasteiger partial charge in [0.05, 0.1) is 0 Å². The molecule has 0 saturated heterocycles. The summed E-state index contributed by atoms with van der Waals surface area (Å²) >= 11 is 0. The molecule has 0 aliphatic heterocycles. The Labute approximate surface area is 156 Å². The van der Waals surface area contributed by atoms with Gasteiger partial charge in [-0.15, -0.1) is 0 Å². The topological polar surface area (TPSA) is 71.4 Å². The van der Waals surface area contributed by atoms with Gasteiger partial charge in [-0.2, -0.15) is 0 Å². The number of carboxylic acid groups (broad SMARTS) is 1. The molecule has 1 aliphatic rings. The third-order valence-electron chi connectivity index (χ3n) is 4.73. The highest BCUT2D eigenvalue weighted by molar-refractivity contribution is 6.24. The van der Waals surface area contributed by atoms with Crippen molar-refractivity contribution in [2.24, 2.45) is 0 Å². The van der Waals surface area contributed by atoms with E-state index < -0.39 is 5.97 Å². The minimum atomic E-state index is -0.745. The van der Waals surface area contributed by atoms with Crippen LogP contribution in [0.3, 0.4) is 0 Å². The van der Waals surface area contributed by atoms with Gasteiger partial charge in [0.2, 0.25) is 0 Å². The van der Waals surface area contributed by atoms with Crippen molar-refractivity contribution in [2.45, 2.75) is 72.1 Å². The van der Waals surface area contributed by atoms with E-state index in [1.165, 1.54) is 0 Å². The largest absolute Gasteiger partial charge is 0.481 e. The number of hydrogen-bond acceptors (Lipinski definition) is 3. The first kappa shape index (κ1) is 21.8. The molecule has 0 aromatic carbocycles. The lowest BCUT2D eigenvalue weighted by molar-refractivity contribution is -0.137. The fraction of sp³-hybridized carbons (Fsp3) is 0.500. The molecule has 1 rings (SSSR count). The fourth-order valence-corrected chi connectivity index (χ4v) is 2.90. The van der Waals surface area contributed by atoms with Gasteiger partial charge in [-0.05, 0) is 65.7 Å². The monoisotopic (exact) mass is 358 g/mol. The zero-order valence-corrected chi connectivity index (χ0v) is 16.1. The quantitative estimate of drug-likeness (QED) is 0.316. The van der Waals surface area contributed by atoms with Crippen LogP contribution >= 0.6 is 0 Å². The Balaban J connectivity index is 2.23. The van der Waals surface area contributed by atoms with Gasteiger partial charge >= 0.3 is 5.97 Å². The summed E-state index contributed by atoms with van der Waals surface area (Å²) in [5.41, 5.74) is 2.47. The predicted octanol–water partition coefficient (Wildman–Crippen LogP) is 5.11. The van der Waals surface area contributed by atoms with Gasteiger partial charge in [0.1, 0.15) is 0 Å². The molecule has 1 aliphatic carbocycles. The van der Waals surface area contributed by atoms with E-state index in [0.29, 0.717) is 35.1 Å². The maximum absolute atomic E-state index is 12.3. The van der Waals surface area contributed by atoms with Crippen molar-refractivity contribution in [3.8, 4) is 0 Å². The molecule has 0 aromatic heterocycles. The van der Waals surface area contributed by atoms with Crippen LogP contribution in [0.15, 0.2) is 46.6 Å². The molecule has 4 heteroatoms. The second-order valence-electron chi connectivity index (χ2n) is 6.72. The molecule has 0 radical (unpaired) electrons. The number of rotatable bonds is 11. The molecule has 0 bridgehead atoms. The van der Waals surface area contributed by atoms with E-state index in [1.54, 1.807) is 20.8 Å². The summed E-state index contributed by atoms with van der Waals surface area (Å²) in [6.45, 7) is 5.22. The van der Waals surface area contributed by atoms with Crippen molar-refractivity contribution in [1.29, 1.82) is 0 Å². The third kappa shape index (κ3) is 6.95. The summed E-state index contributed by atoms with van der Waals surface area (Å²) in [7, 11) is 0. The van der Waals surface area contributed by atoms with Gasteiger partial charge in [-0.25, -0.2) is 0 Å². The van der Waals surface area contributed by atoms with E-state index in [4.69, 9.17) is 5.11 Å². The van der Waals surface area contributed by atoms with Gasteiger partial charge < -0.3 is 5.11 Å². The molecule has 0 amide bonds. The molecule has 0 spiro atoms. The van der Waals surface area contributed by atoms with Crippen LogP contribution in [0.25, 0.3) is 0 Å². The van der Waals surface area contributed by atoms with Crippen LogP contribution in [-0.2, 0) is 14.4 Å². The van der Waals surface area contributed by atoms with Crippen LogP contribution in [0.4, 0.5) is 0 Å². The van der Waals surface area contributed by atoms with Crippen molar-refractivity contribution in [3.05, 3.63) is 46.6 Å². The SMILES string of the molecule is CC1=C(C)C(=O)C(CCCC/C=C/C/C=C/CCCC(=O)O)=C(C)C1=O. The Kier molecular flexibility index (Phi) is 9.56. The van der Waals surface area contributed by atoms with Crippen LogP contribution in [0.1, 0.15) is 72.1 Å². The van der Waals surface area contributed by atoms with Gasteiger partial charge in [0.15, 0.2) is 11.6 Å². The molecule has 1 N–H and O–H groups in total. The Hall–Kier alpha value is -2.23. The second kappa shape index (κ2) is 11.4. The summed E-state index contributed by atoms with van der Waals surface area (Å²) in [5.74, 6) is -0.708. The first-order chi connectivity index (χ1) is 12.4. The summed E-state index contributed by atoms with van der Waals surface area (Å²) < 4.78 is 0. The molecule has 0 fully saturated rings. The molecule has 0 unspecified atom stereocenters. The van der Waals surface area contributed by atoms with Gasteiger partial charge in [-0.3, -0.25) is 14.4 Å². The molecule has 0 heterocycles. The molecule has 4 nitrogen and oxygen atoms in total. The zero-order valence-electron chi connectivity index (χ0n) is 16.1. The van der Waals surface area contributed by atoms with E-state index in [9.17, 15) is 14.4 Å². The van der Waals surface area contributed by atoms with Gasteiger partial charge in [0, 0.05) is 28.7 Å². The van der Waals surface area contributed by atoms with Crippen molar-refractivity contribution >= 4 is 17.5 Å². The van der Waals surface area contributed by atoms with Gasteiger partial charge in [-0.1, -0.05) is 24.3 Å². The molecular formula is C22H30O4. The highest BCUT2D eigenvalue weighted by atomic mass is 16.4. The number of allylic oxidation sites excluding steroid dienone is 8. The fourth-order valence-electron chi connectivity index (χ4n) is 2.90. The van der Waals surface area contributed by atoms with Crippen LogP contribution in [-0.4, -0.2) is 22.6 Å². The molecule has 0 atom stereocenters. The number of hydrogen-bond donors (Lipinski definition) is 1. The number of carboxylic acids is 1. The van der Waals surface area contributed by atoms with Gasteiger partial charge in [0.25, 0.3) is 0 Å². The maximum Gasteiger partial charge on any atom is 0.303 e. The van der Waals surface area contributed by atoms with Crippen LogP contribution < -0.4 is 0 Å². The predicted molar refractivity (Wildman–Crippen MR) is 104 cm³/mol. The van der Waals surface area contributed by atoms with Crippen molar-refractivity contribution in [3.63, 3.8) is 0 Å². The van der Waals surface area contributed by atoms with E-state index >= 15 is 0 Å². The lowest BCUT2D eigenvalue weighted by Gasteiger charge is -2.18. The van der Waals surface area contributed by atoms with Crippen molar-refractivity contribution in [2.75, 3.05) is 0 Å². The molecular weight excluding hydrogens is 328 g/mol. The average Bonchev–Trinajstić information content (AvgIpc) is 2.61. The summed E-state index contributed by atoms with van der Waals surface area (Å²) in [5, 5.41) is 8.53. The lowest BCUT2D eigenvalue weighted by atomic mass is 9.84. The smallest absolute Gasteiger partial charge is 0.303 e. The zero-order chi connectivity index (χ0) is 19.5. The Bertz CT molecular complexity index is 660. The number of unbranched alkanes of at least 4 members (excludes halogenated alkanes) is 3. The highest BCUT2D eigenvalue weighted by Crippen LogP contribution is 2.27. The maximum atomic E-state index is 12.3. The van der Waals surface area contributed by atoms with E-state index in [2.05, 4.69) is 18.2 Å². The Morgan fingerprint density at radius 1 is 0.808 bits per heavy atom. The number of carbonyl (C=O) groups is 3.